The number of aromatic amines is 1. The Balaban J connectivity index is 1.72. The van der Waals surface area contributed by atoms with Gasteiger partial charge in [-0.15, -0.1) is 0 Å². The molecule has 160 valence electrons. The summed E-state index contributed by atoms with van der Waals surface area (Å²) >= 11 is 0. The zero-order valence-electron chi connectivity index (χ0n) is 18.2. The third-order valence-corrected chi connectivity index (χ3v) is 6.34. The van der Waals surface area contributed by atoms with E-state index in [0.29, 0.717) is 30.4 Å². The quantitative estimate of drug-likeness (QED) is 0.540. The number of benzene rings is 1. The van der Waals surface area contributed by atoms with Crippen molar-refractivity contribution in [3.63, 3.8) is 0 Å². The fourth-order valence-corrected chi connectivity index (χ4v) is 4.82. The summed E-state index contributed by atoms with van der Waals surface area (Å²) in [6.45, 7) is 7.62. The second-order valence-corrected chi connectivity index (χ2v) is 8.42. The summed E-state index contributed by atoms with van der Waals surface area (Å²) in [5.74, 6) is 0.935. The highest BCUT2D eigenvalue weighted by molar-refractivity contribution is 6.04. The molecule has 5 rings (SSSR count). The van der Waals surface area contributed by atoms with Gasteiger partial charge >= 0.3 is 0 Å². The van der Waals surface area contributed by atoms with Crippen LogP contribution in [0.15, 0.2) is 35.3 Å². The molecule has 0 bridgehead atoms. The molecule has 31 heavy (non-hydrogen) atoms. The first-order chi connectivity index (χ1) is 15.0. The van der Waals surface area contributed by atoms with Gasteiger partial charge in [0, 0.05) is 35.2 Å². The van der Waals surface area contributed by atoms with Crippen molar-refractivity contribution in [2.75, 3.05) is 20.3 Å². The minimum atomic E-state index is -0.119. The number of pyridine rings is 2. The standard InChI is InChI=1S/C24H26N4O3/c1-13-9-21(30-4)26-15(3)22(13)16-5-6-17-19(10-16)27-24(29)18-11-25-28(23(17)18)20-7-8-31-12-14(20)2/h5-6,9-11,14,20H,7-8,12H2,1-4H3,(H,27,29)/t14-,20-/m0/s1. The van der Waals surface area contributed by atoms with Crippen molar-refractivity contribution in [2.24, 2.45) is 5.92 Å². The van der Waals surface area contributed by atoms with Gasteiger partial charge in [-0.1, -0.05) is 19.1 Å². The predicted octanol–water partition coefficient (Wildman–Crippen LogP) is 4.16. The van der Waals surface area contributed by atoms with Crippen molar-refractivity contribution in [1.29, 1.82) is 0 Å². The first kappa shape index (κ1) is 19.8. The van der Waals surface area contributed by atoms with Gasteiger partial charge in [0.25, 0.3) is 5.56 Å². The second kappa shape index (κ2) is 7.50. The van der Waals surface area contributed by atoms with Gasteiger partial charge in [-0.05, 0) is 37.5 Å². The average molecular weight is 418 g/mol. The molecule has 1 aliphatic rings. The van der Waals surface area contributed by atoms with Crippen LogP contribution in [-0.4, -0.2) is 40.1 Å². The maximum atomic E-state index is 12.9. The molecule has 1 aromatic carbocycles. The summed E-state index contributed by atoms with van der Waals surface area (Å²) in [5, 5.41) is 6.24. The molecule has 7 heteroatoms. The molecule has 3 aromatic heterocycles. The molecule has 7 nitrogen and oxygen atoms in total. The molecule has 4 aromatic rings. The SMILES string of the molecule is COc1cc(C)c(-c2ccc3c(c2)[nH]c(=O)c2cnn([C@H]4CCOC[C@@H]4C)c23)c(C)n1. The summed E-state index contributed by atoms with van der Waals surface area (Å²) in [6.07, 6.45) is 2.58. The number of aryl methyl sites for hydroxylation is 2. The van der Waals surface area contributed by atoms with Crippen LogP contribution in [-0.2, 0) is 4.74 Å². The Labute approximate surface area is 180 Å². The average Bonchev–Trinajstić information content (AvgIpc) is 3.19. The van der Waals surface area contributed by atoms with E-state index in [-0.39, 0.29) is 11.6 Å². The van der Waals surface area contributed by atoms with E-state index in [2.05, 4.69) is 34.1 Å². The van der Waals surface area contributed by atoms with Crippen molar-refractivity contribution < 1.29 is 9.47 Å². The fraction of sp³-hybridized carbons (Fsp3) is 0.375. The van der Waals surface area contributed by atoms with Crippen LogP contribution in [0.2, 0.25) is 0 Å². The van der Waals surface area contributed by atoms with Crippen LogP contribution in [0.4, 0.5) is 0 Å². The summed E-state index contributed by atoms with van der Waals surface area (Å²) in [6, 6.07) is 8.35. The lowest BCUT2D eigenvalue weighted by atomic mass is 9.96. The lowest BCUT2D eigenvalue weighted by Crippen LogP contribution is -2.28. The topological polar surface area (TPSA) is 82.0 Å². The number of hydrogen-bond acceptors (Lipinski definition) is 5. The Hall–Kier alpha value is -3.19. The maximum Gasteiger partial charge on any atom is 0.259 e. The van der Waals surface area contributed by atoms with E-state index in [1.165, 1.54) is 0 Å². The smallest absolute Gasteiger partial charge is 0.259 e. The van der Waals surface area contributed by atoms with Crippen LogP contribution in [0.25, 0.3) is 32.9 Å². The molecule has 0 unspecified atom stereocenters. The number of fused-ring (bicyclic) bond motifs is 3. The van der Waals surface area contributed by atoms with Gasteiger partial charge in [0.2, 0.25) is 5.88 Å². The van der Waals surface area contributed by atoms with Gasteiger partial charge in [-0.2, -0.15) is 5.10 Å². The number of ether oxygens (including phenoxy) is 2. The highest BCUT2D eigenvalue weighted by atomic mass is 16.5. The van der Waals surface area contributed by atoms with Crippen LogP contribution < -0.4 is 10.3 Å². The van der Waals surface area contributed by atoms with Crippen molar-refractivity contribution in [1.82, 2.24) is 19.7 Å². The minimum Gasteiger partial charge on any atom is -0.481 e. The van der Waals surface area contributed by atoms with E-state index in [1.807, 2.05) is 30.7 Å². The highest BCUT2D eigenvalue weighted by Crippen LogP contribution is 2.34. The van der Waals surface area contributed by atoms with E-state index in [1.54, 1.807) is 13.3 Å². The van der Waals surface area contributed by atoms with Crippen molar-refractivity contribution in [3.8, 4) is 17.0 Å². The van der Waals surface area contributed by atoms with Gasteiger partial charge in [-0.3, -0.25) is 9.48 Å². The minimum absolute atomic E-state index is 0.119. The number of H-pyrrole nitrogens is 1. The van der Waals surface area contributed by atoms with E-state index in [0.717, 1.165) is 45.2 Å². The van der Waals surface area contributed by atoms with E-state index in [9.17, 15) is 4.79 Å². The predicted molar refractivity (Wildman–Crippen MR) is 121 cm³/mol. The van der Waals surface area contributed by atoms with Gasteiger partial charge < -0.3 is 14.5 Å². The lowest BCUT2D eigenvalue weighted by Gasteiger charge is -2.29. The number of methoxy groups -OCH3 is 1. The Bertz CT molecular complexity index is 1330. The van der Waals surface area contributed by atoms with Gasteiger partial charge in [0.1, 0.15) is 0 Å². The van der Waals surface area contributed by atoms with Crippen LogP contribution in [0.3, 0.4) is 0 Å². The molecule has 1 N–H and O–H groups in total. The normalized spacial score (nSPS) is 19.2. The Kier molecular flexibility index (Phi) is 4.78. The summed E-state index contributed by atoms with van der Waals surface area (Å²) < 4.78 is 12.9. The maximum absolute atomic E-state index is 12.9. The first-order valence-electron chi connectivity index (χ1n) is 10.6. The third kappa shape index (κ3) is 3.20. The number of nitrogens with zero attached hydrogens (tertiary/aromatic N) is 3. The van der Waals surface area contributed by atoms with Gasteiger partial charge in [-0.25, -0.2) is 4.98 Å². The molecule has 1 aliphatic heterocycles. The van der Waals surface area contributed by atoms with Crippen LogP contribution in [0.1, 0.15) is 30.6 Å². The molecule has 4 heterocycles. The number of rotatable bonds is 3. The monoisotopic (exact) mass is 418 g/mol. The summed E-state index contributed by atoms with van der Waals surface area (Å²) in [7, 11) is 1.62. The van der Waals surface area contributed by atoms with Crippen LogP contribution >= 0.6 is 0 Å². The van der Waals surface area contributed by atoms with Crippen molar-refractivity contribution in [2.45, 2.75) is 33.2 Å². The Morgan fingerprint density at radius 1 is 1.23 bits per heavy atom. The van der Waals surface area contributed by atoms with E-state index < -0.39 is 0 Å². The van der Waals surface area contributed by atoms with E-state index in [4.69, 9.17) is 9.47 Å². The van der Waals surface area contributed by atoms with Crippen LogP contribution in [0, 0.1) is 19.8 Å². The summed E-state index contributed by atoms with van der Waals surface area (Å²) in [4.78, 5) is 20.5. The van der Waals surface area contributed by atoms with E-state index >= 15 is 0 Å². The van der Waals surface area contributed by atoms with Crippen molar-refractivity contribution >= 4 is 21.8 Å². The Morgan fingerprint density at radius 2 is 2.06 bits per heavy atom. The molecule has 0 radical (unpaired) electrons. The van der Waals surface area contributed by atoms with Gasteiger partial charge in [0.05, 0.1) is 42.4 Å². The first-order valence-corrected chi connectivity index (χ1v) is 10.6. The third-order valence-electron chi connectivity index (χ3n) is 6.34. The molecular formula is C24H26N4O3. The summed E-state index contributed by atoms with van der Waals surface area (Å²) in [5.41, 5.74) is 5.60. The zero-order chi connectivity index (χ0) is 21.7. The molecule has 0 amide bonds. The number of hydrogen-bond donors (Lipinski definition) is 1. The number of aromatic nitrogens is 4. The highest BCUT2D eigenvalue weighted by Gasteiger charge is 2.27. The molecule has 1 saturated heterocycles. The molecule has 0 spiro atoms. The molecule has 2 atom stereocenters. The largest absolute Gasteiger partial charge is 0.481 e. The fourth-order valence-electron chi connectivity index (χ4n) is 4.82. The molecule has 0 aliphatic carbocycles. The second-order valence-electron chi connectivity index (χ2n) is 8.42. The van der Waals surface area contributed by atoms with Crippen molar-refractivity contribution in [3.05, 3.63) is 52.1 Å². The lowest BCUT2D eigenvalue weighted by molar-refractivity contribution is 0.0264. The molecule has 1 fully saturated rings. The molecule has 0 saturated carbocycles. The van der Waals surface area contributed by atoms with Gasteiger partial charge in [0.15, 0.2) is 0 Å². The van der Waals surface area contributed by atoms with Crippen LogP contribution in [0.5, 0.6) is 5.88 Å². The Morgan fingerprint density at radius 3 is 2.81 bits per heavy atom. The number of nitrogens with one attached hydrogen (secondary N) is 1. The zero-order valence-corrected chi connectivity index (χ0v) is 18.2. The molecular weight excluding hydrogens is 392 g/mol.